The largest absolute Gasteiger partial charge is 0.469 e. The number of ether oxygens (including phenoxy) is 3. The average molecular weight is 536 g/mol. The third-order valence-corrected chi connectivity index (χ3v) is 5.39. The highest BCUT2D eigenvalue weighted by Gasteiger charge is 2.25. The normalized spacial score (nSPS) is 20.4. The molecular weight excluding hydrogens is 499 g/mol. The van der Waals surface area contributed by atoms with Crippen molar-refractivity contribution in [2.24, 2.45) is 10.9 Å². The molecule has 1 aromatic heterocycles. The van der Waals surface area contributed by atoms with Gasteiger partial charge in [0.2, 0.25) is 0 Å². The molecule has 1 unspecified atom stereocenters. The van der Waals surface area contributed by atoms with Gasteiger partial charge in [0, 0.05) is 58.7 Å². The Kier molecular flexibility index (Phi) is 12.7. The standard InChI is InChI=1S/C21H36N4O4.HI/c1-26-15-16-28-18-19-5-8-25(17-19)21(22-6-4-20-3-2-12-29-20)23-7-9-24-10-13-27-14-11-24;/h2-3,12,19H,4-11,13-18H2,1H3,(H,22,23);1H. The smallest absolute Gasteiger partial charge is 0.193 e. The van der Waals surface area contributed by atoms with Gasteiger partial charge in [-0.1, -0.05) is 0 Å². The SMILES string of the molecule is COCCOCC1CCN(C(=NCCN2CCOCC2)NCCc2ccco2)C1.I. The highest BCUT2D eigenvalue weighted by Crippen LogP contribution is 2.16. The summed E-state index contributed by atoms with van der Waals surface area (Å²) < 4.78 is 21.7. The first-order valence-electron chi connectivity index (χ1n) is 10.8. The number of halogens is 1. The van der Waals surface area contributed by atoms with Gasteiger partial charge in [-0.25, -0.2) is 0 Å². The molecule has 2 aliphatic rings. The van der Waals surface area contributed by atoms with Crippen LogP contribution in [0.1, 0.15) is 12.2 Å². The van der Waals surface area contributed by atoms with Gasteiger partial charge in [-0.2, -0.15) is 0 Å². The molecule has 0 aliphatic carbocycles. The van der Waals surface area contributed by atoms with Gasteiger partial charge in [0.25, 0.3) is 0 Å². The Balaban J connectivity index is 0.00000320. The van der Waals surface area contributed by atoms with E-state index in [0.29, 0.717) is 19.1 Å². The molecule has 0 radical (unpaired) electrons. The summed E-state index contributed by atoms with van der Waals surface area (Å²) in [6.07, 6.45) is 3.71. The van der Waals surface area contributed by atoms with Crippen LogP contribution < -0.4 is 5.32 Å². The molecule has 1 aromatic rings. The number of nitrogens with one attached hydrogen (secondary N) is 1. The Morgan fingerprint density at radius 2 is 2.13 bits per heavy atom. The van der Waals surface area contributed by atoms with E-state index in [2.05, 4.69) is 15.1 Å². The Labute approximate surface area is 197 Å². The summed E-state index contributed by atoms with van der Waals surface area (Å²) in [5, 5.41) is 3.55. The van der Waals surface area contributed by atoms with Crippen molar-refractivity contribution in [3.63, 3.8) is 0 Å². The number of aliphatic imine (C=N–C) groups is 1. The quantitative estimate of drug-likeness (QED) is 0.200. The minimum Gasteiger partial charge on any atom is -0.469 e. The first-order chi connectivity index (χ1) is 14.3. The molecule has 9 heteroatoms. The second-order valence-electron chi connectivity index (χ2n) is 7.58. The number of rotatable bonds is 11. The first-order valence-corrected chi connectivity index (χ1v) is 10.8. The Morgan fingerprint density at radius 3 is 2.90 bits per heavy atom. The molecule has 8 nitrogen and oxygen atoms in total. The van der Waals surface area contributed by atoms with Crippen LogP contribution in [-0.2, 0) is 20.6 Å². The second kappa shape index (κ2) is 15.0. The number of methoxy groups -OCH3 is 1. The Bertz CT molecular complexity index is 582. The van der Waals surface area contributed by atoms with Gasteiger partial charge in [-0.15, -0.1) is 24.0 Å². The van der Waals surface area contributed by atoms with Crippen molar-refractivity contribution in [1.82, 2.24) is 15.1 Å². The summed E-state index contributed by atoms with van der Waals surface area (Å²) in [6, 6.07) is 3.95. The summed E-state index contributed by atoms with van der Waals surface area (Å²) in [5.74, 6) is 2.54. The lowest BCUT2D eigenvalue weighted by Crippen LogP contribution is -2.42. The molecule has 172 valence electrons. The molecule has 1 N–H and O–H groups in total. The van der Waals surface area contributed by atoms with Crippen molar-refractivity contribution >= 4 is 29.9 Å². The molecule has 30 heavy (non-hydrogen) atoms. The van der Waals surface area contributed by atoms with Crippen molar-refractivity contribution in [2.75, 3.05) is 86.0 Å². The molecular formula is C21H37IN4O4. The monoisotopic (exact) mass is 536 g/mol. The maximum Gasteiger partial charge on any atom is 0.193 e. The third kappa shape index (κ3) is 9.09. The van der Waals surface area contributed by atoms with Crippen molar-refractivity contribution in [2.45, 2.75) is 12.8 Å². The van der Waals surface area contributed by atoms with Crippen molar-refractivity contribution in [3.05, 3.63) is 24.2 Å². The number of nitrogens with zero attached hydrogens (tertiary/aromatic N) is 3. The molecule has 3 rings (SSSR count). The molecule has 0 aromatic carbocycles. The number of hydrogen-bond donors (Lipinski definition) is 1. The van der Waals surface area contributed by atoms with E-state index < -0.39 is 0 Å². The van der Waals surface area contributed by atoms with Crippen LogP contribution in [0.3, 0.4) is 0 Å². The lowest BCUT2D eigenvalue weighted by molar-refractivity contribution is 0.0394. The van der Waals surface area contributed by atoms with E-state index >= 15 is 0 Å². The Hall–Kier alpha value is -0.880. The van der Waals surface area contributed by atoms with Gasteiger partial charge >= 0.3 is 0 Å². The molecule has 0 amide bonds. The van der Waals surface area contributed by atoms with Crippen LogP contribution in [0, 0.1) is 5.92 Å². The molecule has 0 saturated carbocycles. The maximum absolute atomic E-state index is 5.73. The predicted molar refractivity (Wildman–Crippen MR) is 128 cm³/mol. The summed E-state index contributed by atoms with van der Waals surface area (Å²) in [6.45, 7) is 10.3. The number of morpholine rings is 1. The zero-order chi connectivity index (χ0) is 20.2. The van der Waals surface area contributed by atoms with E-state index in [1.807, 2.05) is 12.1 Å². The van der Waals surface area contributed by atoms with Gasteiger partial charge in [-0.3, -0.25) is 9.89 Å². The summed E-state index contributed by atoms with van der Waals surface area (Å²) in [5.41, 5.74) is 0. The first kappa shape index (κ1) is 25.4. The van der Waals surface area contributed by atoms with Gasteiger partial charge in [0.1, 0.15) is 5.76 Å². The molecule has 3 heterocycles. The van der Waals surface area contributed by atoms with E-state index in [0.717, 1.165) is 90.2 Å². The highest BCUT2D eigenvalue weighted by molar-refractivity contribution is 14.0. The number of furan rings is 1. The predicted octanol–water partition coefficient (Wildman–Crippen LogP) is 1.70. The topological polar surface area (TPSA) is 71.7 Å². The van der Waals surface area contributed by atoms with Crippen LogP contribution in [0.25, 0.3) is 0 Å². The lowest BCUT2D eigenvalue weighted by atomic mass is 10.1. The number of likely N-dealkylation sites (tertiary alicyclic amines) is 1. The average Bonchev–Trinajstić information content (AvgIpc) is 3.43. The number of guanidine groups is 1. The van der Waals surface area contributed by atoms with Gasteiger partial charge in [-0.05, 0) is 18.6 Å². The van der Waals surface area contributed by atoms with E-state index in [-0.39, 0.29) is 24.0 Å². The molecule has 2 fully saturated rings. The maximum atomic E-state index is 5.73. The minimum absolute atomic E-state index is 0. The van der Waals surface area contributed by atoms with E-state index in [9.17, 15) is 0 Å². The van der Waals surface area contributed by atoms with Crippen LogP contribution in [0.4, 0.5) is 0 Å². The van der Waals surface area contributed by atoms with Crippen LogP contribution in [0.15, 0.2) is 27.8 Å². The second-order valence-corrected chi connectivity index (χ2v) is 7.58. The van der Waals surface area contributed by atoms with E-state index in [4.69, 9.17) is 23.6 Å². The van der Waals surface area contributed by atoms with E-state index in [1.165, 1.54) is 0 Å². The molecule has 2 saturated heterocycles. The van der Waals surface area contributed by atoms with E-state index in [1.54, 1.807) is 13.4 Å². The van der Waals surface area contributed by atoms with Crippen LogP contribution >= 0.6 is 24.0 Å². The zero-order valence-electron chi connectivity index (χ0n) is 18.1. The zero-order valence-corrected chi connectivity index (χ0v) is 20.4. The molecule has 0 bridgehead atoms. The lowest BCUT2D eigenvalue weighted by Gasteiger charge is -2.26. The minimum atomic E-state index is 0. The highest BCUT2D eigenvalue weighted by atomic mass is 127. The van der Waals surface area contributed by atoms with Crippen molar-refractivity contribution in [1.29, 1.82) is 0 Å². The van der Waals surface area contributed by atoms with Gasteiger partial charge in [0.05, 0.1) is 45.8 Å². The molecule has 0 spiro atoms. The fourth-order valence-corrected chi connectivity index (χ4v) is 3.70. The summed E-state index contributed by atoms with van der Waals surface area (Å²) in [4.78, 5) is 9.71. The van der Waals surface area contributed by atoms with Crippen molar-refractivity contribution < 1.29 is 18.6 Å². The van der Waals surface area contributed by atoms with Crippen LogP contribution in [0.5, 0.6) is 0 Å². The Morgan fingerprint density at radius 1 is 1.27 bits per heavy atom. The molecule has 1 atom stereocenters. The fourth-order valence-electron chi connectivity index (χ4n) is 3.70. The van der Waals surface area contributed by atoms with Gasteiger partial charge < -0.3 is 28.8 Å². The summed E-state index contributed by atoms with van der Waals surface area (Å²) >= 11 is 0. The summed E-state index contributed by atoms with van der Waals surface area (Å²) in [7, 11) is 1.70. The molecule has 2 aliphatic heterocycles. The van der Waals surface area contributed by atoms with Gasteiger partial charge in [0.15, 0.2) is 5.96 Å². The van der Waals surface area contributed by atoms with Crippen LogP contribution in [-0.4, -0.2) is 102 Å². The van der Waals surface area contributed by atoms with Crippen molar-refractivity contribution in [3.8, 4) is 0 Å². The van der Waals surface area contributed by atoms with Crippen LogP contribution in [0.2, 0.25) is 0 Å². The number of hydrogen-bond acceptors (Lipinski definition) is 6. The fraction of sp³-hybridized carbons (Fsp3) is 0.762. The third-order valence-electron chi connectivity index (χ3n) is 5.39.